The number of fused-ring (bicyclic) bond motifs is 1. The van der Waals surface area contributed by atoms with Crippen molar-refractivity contribution in [1.29, 1.82) is 0 Å². The molecule has 2 aromatic rings. The van der Waals surface area contributed by atoms with Gasteiger partial charge >= 0.3 is 11.9 Å². The van der Waals surface area contributed by atoms with Crippen LogP contribution in [0.4, 0.5) is 0 Å². The molecule has 0 bridgehead atoms. The van der Waals surface area contributed by atoms with Crippen molar-refractivity contribution < 1.29 is 34.1 Å². The van der Waals surface area contributed by atoms with Crippen LogP contribution < -0.4 is 14.8 Å². The highest BCUT2D eigenvalue weighted by Crippen LogP contribution is 2.34. The van der Waals surface area contributed by atoms with Gasteiger partial charge in [0.1, 0.15) is 12.7 Å². The first-order valence-corrected chi connectivity index (χ1v) is 12.2. The van der Waals surface area contributed by atoms with Crippen molar-refractivity contribution in [3.8, 4) is 11.5 Å². The average molecular weight is 499 g/mol. The van der Waals surface area contributed by atoms with E-state index < -0.39 is 11.9 Å². The summed E-state index contributed by atoms with van der Waals surface area (Å²) in [6.07, 6.45) is 6.10. The van der Waals surface area contributed by atoms with Gasteiger partial charge in [-0.3, -0.25) is 9.69 Å². The highest BCUT2D eigenvalue weighted by molar-refractivity contribution is 6.27. The molecule has 0 aromatic heterocycles. The molecule has 0 saturated heterocycles. The van der Waals surface area contributed by atoms with Gasteiger partial charge in [0.15, 0.2) is 11.5 Å². The Balaban J connectivity index is 0.000000538. The fourth-order valence-corrected chi connectivity index (χ4v) is 4.63. The van der Waals surface area contributed by atoms with E-state index in [9.17, 15) is 4.79 Å². The van der Waals surface area contributed by atoms with Crippen LogP contribution in [-0.4, -0.2) is 65.8 Å². The monoisotopic (exact) mass is 498 g/mol. The molecule has 1 amide bonds. The van der Waals surface area contributed by atoms with Gasteiger partial charge in [-0.05, 0) is 43.5 Å². The van der Waals surface area contributed by atoms with Crippen LogP contribution in [0, 0.1) is 5.92 Å². The summed E-state index contributed by atoms with van der Waals surface area (Å²) in [6.45, 7) is 1.48. The number of carbonyl (C=O) groups is 3. The third kappa shape index (κ3) is 8.27. The van der Waals surface area contributed by atoms with Crippen LogP contribution in [0.25, 0.3) is 0 Å². The average Bonchev–Trinajstić information content (AvgIpc) is 2.88. The number of carboxylic acids is 2. The molecule has 4 rings (SSSR count). The predicted molar refractivity (Wildman–Crippen MR) is 133 cm³/mol. The molecule has 0 spiro atoms. The van der Waals surface area contributed by atoms with E-state index in [4.69, 9.17) is 29.3 Å². The minimum Gasteiger partial charge on any atom is -0.486 e. The van der Waals surface area contributed by atoms with E-state index in [1.807, 2.05) is 42.3 Å². The van der Waals surface area contributed by atoms with E-state index in [1.165, 1.54) is 37.7 Å². The van der Waals surface area contributed by atoms with E-state index in [-0.39, 0.29) is 18.1 Å². The molecule has 9 nitrogen and oxygen atoms in total. The maximum Gasteiger partial charge on any atom is 0.414 e. The van der Waals surface area contributed by atoms with Gasteiger partial charge in [0.2, 0.25) is 5.91 Å². The first-order valence-electron chi connectivity index (χ1n) is 12.2. The predicted octanol–water partition coefficient (Wildman–Crippen LogP) is 3.35. The minimum atomic E-state index is -1.82. The number of hydrogen-bond donors (Lipinski definition) is 3. The summed E-state index contributed by atoms with van der Waals surface area (Å²) >= 11 is 0. The SMILES string of the molecule is CN(CC(=O)NC(c1ccccc1)C1CCCCC1)CC1COc2ccccc2O1.O=C(O)C(=O)O. The highest BCUT2D eigenvalue weighted by atomic mass is 16.6. The lowest BCUT2D eigenvalue weighted by Gasteiger charge is -2.32. The van der Waals surface area contributed by atoms with Crippen molar-refractivity contribution >= 4 is 17.8 Å². The van der Waals surface area contributed by atoms with Crippen molar-refractivity contribution in [1.82, 2.24) is 10.2 Å². The minimum absolute atomic E-state index is 0.0639. The molecule has 9 heteroatoms. The Hall–Kier alpha value is -3.59. The summed E-state index contributed by atoms with van der Waals surface area (Å²) in [6, 6.07) is 18.2. The second-order valence-electron chi connectivity index (χ2n) is 9.16. The molecule has 2 aliphatic rings. The molecule has 1 aliphatic carbocycles. The van der Waals surface area contributed by atoms with Crippen molar-refractivity contribution in [2.45, 2.75) is 44.2 Å². The number of hydrogen-bond acceptors (Lipinski definition) is 6. The number of carbonyl (C=O) groups excluding carboxylic acids is 1. The molecule has 2 aromatic carbocycles. The van der Waals surface area contributed by atoms with Crippen LogP contribution in [0.5, 0.6) is 11.5 Å². The Kier molecular flexibility index (Phi) is 10.1. The molecule has 3 N–H and O–H groups in total. The lowest BCUT2D eigenvalue weighted by atomic mass is 9.81. The third-order valence-corrected chi connectivity index (χ3v) is 6.28. The Labute approximate surface area is 211 Å². The van der Waals surface area contributed by atoms with Crippen LogP contribution >= 0.6 is 0 Å². The molecule has 2 unspecified atom stereocenters. The normalized spacial score (nSPS) is 17.9. The zero-order valence-corrected chi connectivity index (χ0v) is 20.5. The van der Waals surface area contributed by atoms with Gasteiger partial charge in [-0.25, -0.2) is 9.59 Å². The van der Waals surface area contributed by atoms with Crippen LogP contribution in [0.15, 0.2) is 54.6 Å². The number of nitrogens with one attached hydrogen (secondary N) is 1. The van der Waals surface area contributed by atoms with Gasteiger partial charge in [-0.2, -0.15) is 0 Å². The smallest absolute Gasteiger partial charge is 0.414 e. The lowest BCUT2D eigenvalue weighted by molar-refractivity contribution is -0.159. The standard InChI is InChI=1S/C25H32N2O3.C2H2O4/c1-27(16-21-18-29-22-14-8-9-15-23(22)30-21)17-24(28)26-25(19-10-4-2-5-11-19)20-12-6-3-7-13-20;3-1(4)2(5)6/h2,4-5,8-11,14-15,20-21,25H,3,6-7,12-13,16-18H2,1H3,(H,26,28);(H,3,4)(H,5,6). The number of para-hydroxylation sites is 2. The number of nitrogens with zero attached hydrogens (tertiary/aromatic N) is 1. The Bertz CT molecular complexity index is 996. The van der Waals surface area contributed by atoms with Crippen LogP contribution in [-0.2, 0) is 14.4 Å². The second kappa shape index (κ2) is 13.5. The molecular weight excluding hydrogens is 464 g/mol. The first-order chi connectivity index (χ1) is 17.3. The summed E-state index contributed by atoms with van der Waals surface area (Å²) in [5, 5.41) is 18.1. The molecule has 36 heavy (non-hydrogen) atoms. The van der Waals surface area contributed by atoms with Crippen LogP contribution in [0.3, 0.4) is 0 Å². The van der Waals surface area contributed by atoms with E-state index in [2.05, 4.69) is 29.6 Å². The maximum atomic E-state index is 12.9. The van der Waals surface area contributed by atoms with Gasteiger partial charge in [-0.1, -0.05) is 61.7 Å². The topological polar surface area (TPSA) is 125 Å². The van der Waals surface area contributed by atoms with Crippen molar-refractivity contribution in [3.63, 3.8) is 0 Å². The van der Waals surface area contributed by atoms with Crippen LogP contribution in [0.1, 0.15) is 43.7 Å². The Morgan fingerprint density at radius 2 is 1.56 bits per heavy atom. The van der Waals surface area contributed by atoms with Gasteiger partial charge in [0, 0.05) is 6.54 Å². The summed E-state index contributed by atoms with van der Waals surface area (Å²) in [4.78, 5) is 33.1. The quantitative estimate of drug-likeness (QED) is 0.497. The van der Waals surface area contributed by atoms with Crippen molar-refractivity contribution in [2.24, 2.45) is 5.92 Å². The summed E-state index contributed by atoms with van der Waals surface area (Å²) in [5.74, 6) is -1.51. The molecule has 0 radical (unpaired) electrons. The Morgan fingerprint density at radius 3 is 2.19 bits per heavy atom. The maximum absolute atomic E-state index is 12.9. The number of ether oxygens (including phenoxy) is 2. The largest absolute Gasteiger partial charge is 0.486 e. The van der Waals surface area contributed by atoms with Crippen LogP contribution in [0.2, 0.25) is 0 Å². The Morgan fingerprint density at radius 1 is 0.944 bits per heavy atom. The van der Waals surface area contributed by atoms with Crippen molar-refractivity contribution in [2.75, 3.05) is 26.7 Å². The van der Waals surface area contributed by atoms with E-state index >= 15 is 0 Å². The number of benzene rings is 2. The van der Waals surface area contributed by atoms with E-state index in [0.29, 0.717) is 25.6 Å². The summed E-state index contributed by atoms with van der Waals surface area (Å²) in [7, 11) is 1.96. The number of amides is 1. The molecule has 1 aliphatic heterocycles. The second-order valence-corrected chi connectivity index (χ2v) is 9.16. The van der Waals surface area contributed by atoms with Gasteiger partial charge in [0.25, 0.3) is 0 Å². The van der Waals surface area contributed by atoms with Gasteiger partial charge < -0.3 is 25.0 Å². The van der Waals surface area contributed by atoms with Crippen molar-refractivity contribution in [3.05, 3.63) is 60.2 Å². The zero-order chi connectivity index (χ0) is 25.9. The fourth-order valence-electron chi connectivity index (χ4n) is 4.63. The number of aliphatic carboxylic acids is 2. The number of rotatable bonds is 7. The zero-order valence-electron chi connectivity index (χ0n) is 20.5. The molecular formula is C27H34N2O7. The number of likely N-dealkylation sites (N-methyl/N-ethyl adjacent to an activating group) is 1. The molecule has 1 saturated carbocycles. The fraction of sp³-hybridized carbons (Fsp3) is 0.444. The van der Waals surface area contributed by atoms with Gasteiger partial charge in [0.05, 0.1) is 12.6 Å². The molecule has 1 fully saturated rings. The van der Waals surface area contributed by atoms with Gasteiger partial charge in [-0.15, -0.1) is 0 Å². The third-order valence-electron chi connectivity index (χ3n) is 6.28. The highest BCUT2D eigenvalue weighted by Gasteiger charge is 2.27. The first kappa shape index (κ1) is 27.0. The molecule has 2 atom stereocenters. The molecule has 194 valence electrons. The molecule has 1 heterocycles. The summed E-state index contributed by atoms with van der Waals surface area (Å²) in [5.41, 5.74) is 1.21. The lowest BCUT2D eigenvalue weighted by Crippen LogP contribution is -2.44. The number of carboxylic acid groups (broad SMARTS) is 2. The van der Waals surface area contributed by atoms with E-state index in [0.717, 1.165) is 11.5 Å². The summed E-state index contributed by atoms with van der Waals surface area (Å²) < 4.78 is 11.8. The van der Waals surface area contributed by atoms with E-state index in [1.54, 1.807) is 0 Å².